The van der Waals surface area contributed by atoms with Crippen molar-refractivity contribution in [1.82, 2.24) is 0 Å². The van der Waals surface area contributed by atoms with E-state index in [1.165, 1.54) is 0 Å². The van der Waals surface area contributed by atoms with Crippen molar-refractivity contribution < 1.29 is 88.2 Å². The largest absolute Gasteiger partial charge is 1.00 e. The van der Waals surface area contributed by atoms with Gasteiger partial charge in [0.2, 0.25) is 0 Å². The van der Waals surface area contributed by atoms with Crippen molar-refractivity contribution in [3.63, 3.8) is 0 Å². The molecule has 0 fully saturated rings. The fraction of sp³-hybridized carbons (Fsp3) is 0. The van der Waals surface area contributed by atoms with Gasteiger partial charge in [-0.25, -0.2) is 4.79 Å². The zero-order chi connectivity index (χ0) is 3.58. The second kappa shape index (κ2) is 15.7. The number of hydrogen-bond acceptors (Lipinski definition) is 1. The summed E-state index contributed by atoms with van der Waals surface area (Å²) in [6, 6.07) is 0. The Hall–Kier alpha value is 2.00. The average Bonchev–Trinajstić information content (AvgIpc) is 0.811. The van der Waals surface area contributed by atoms with Crippen molar-refractivity contribution in [2.24, 2.45) is 0 Å². The van der Waals surface area contributed by atoms with Gasteiger partial charge in [-0.1, -0.05) is 0 Å². The van der Waals surface area contributed by atoms with Crippen molar-refractivity contribution >= 4 is 16.1 Å². The summed E-state index contributed by atoms with van der Waals surface area (Å²) < 4.78 is 0. The molecule has 0 saturated heterocycles. The van der Waals surface area contributed by atoms with Gasteiger partial charge in [-0.2, -0.15) is 9.90 Å². The molecule has 0 aliphatic carbocycles. The zero-order valence-electron chi connectivity index (χ0n) is 4.83. The Balaban J connectivity index is -0.00000000750. The van der Waals surface area contributed by atoms with Gasteiger partial charge in [-0.15, -0.1) is 0 Å². The van der Waals surface area contributed by atoms with Crippen LogP contribution in [0.15, 0.2) is 0 Å². The summed E-state index contributed by atoms with van der Waals surface area (Å²) in [4.78, 5) is 8.56. The first-order chi connectivity index (χ1) is 1.73. The summed E-state index contributed by atoms with van der Waals surface area (Å²) in [6.07, 6.45) is -1.83. The first-order valence-corrected chi connectivity index (χ1v) is 0.651. The predicted octanol–water partition coefficient (Wildman–Crippen LogP) is -2.61. The van der Waals surface area contributed by atoms with Gasteiger partial charge in [-0.05, 0) is 0 Å². The van der Waals surface area contributed by atoms with Crippen molar-refractivity contribution in [2.45, 2.75) is 0 Å². The van der Waals surface area contributed by atoms with Gasteiger partial charge in [0, 0.05) is 20.4 Å². The molecule has 0 heterocycles. The molecule has 6 heteroatoms. The molecule has 0 aromatic heterocycles. The maximum Gasteiger partial charge on any atom is 1.00 e. The standard InChI is InChI=1S/CH2O3.K.H3P.Pd.H/c2-1(3)4;;;;/h(H2,2,3,4);;1H3;;/q;+1;;;-1. The minimum absolute atomic E-state index is 0. The van der Waals surface area contributed by atoms with E-state index in [2.05, 4.69) is 0 Å². The van der Waals surface area contributed by atoms with Crippen molar-refractivity contribution in [3.8, 4) is 0 Å². The van der Waals surface area contributed by atoms with E-state index >= 15 is 0 Å². The van der Waals surface area contributed by atoms with Crippen LogP contribution in [0.25, 0.3) is 0 Å². The Morgan fingerprint density at radius 3 is 1.43 bits per heavy atom. The van der Waals surface area contributed by atoms with E-state index in [0.717, 1.165) is 0 Å². The van der Waals surface area contributed by atoms with Crippen LogP contribution in [0, 0.1) is 0 Å². The molecule has 0 amide bonds. The SMILES string of the molecule is O=C(O)O.P.[H-].[K+].[Pd]. The number of carboxylic acid groups (broad SMARTS) is 2. The van der Waals surface area contributed by atoms with E-state index in [1.807, 2.05) is 0 Å². The molecule has 0 spiro atoms. The first-order valence-electron chi connectivity index (χ1n) is 0.651. The van der Waals surface area contributed by atoms with Crippen LogP contribution in [0.3, 0.4) is 0 Å². The van der Waals surface area contributed by atoms with Crippen LogP contribution in [0.1, 0.15) is 1.43 Å². The van der Waals surface area contributed by atoms with Gasteiger partial charge < -0.3 is 11.6 Å². The topological polar surface area (TPSA) is 57.5 Å². The fourth-order valence-corrected chi connectivity index (χ4v) is 0. The smallest absolute Gasteiger partial charge is 1.00 e. The van der Waals surface area contributed by atoms with Crippen molar-refractivity contribution in [2.75, 3.05) is 0 Å². The quantitative estimate of drug-likeness (QED) is 0.362. The monoisotopic (exact) mass is 242 g/mol. The molecule has 0 aromatic carbocycles. The van der Waals surface area contributed by atoms with Crippen LogP contribution in [-0.2, 0) is 20.4 Å². The maximum atomic E-state index is 8.56. The predicted molar refractivity (Wildman–Crippen MR) is 22.9 cm³/mol. The summed E-state index contributed by atoms with van der Waals surface area (Å²) in [5, 5.41) is 13.9. The maximum absolute atomic E-state index is 8.56. The molecule has 44 valence electrons. The molecule has 2 N–H and O–H groups in total. The summed E-state index contributed by atoms with van der Waals surface area (Å²) in [6.45, 7) is 0. The molecule has 1 unspecified atom stereocenters. The summed E-state index contributed by atoms with van der Waals surface area (Å²) in [5.41, 5.74) is 0. The Morgan fingerprint density at radius 2 is 1.43 bits per heavy atom. The molecule has 0 bridgehead atoms. The summed E-state index contributed by atoms with van der Waals surface area (Å²) in [5.74, 6) is 0. The second-order valence-electron chi connectivity index (χ2n) is 0.283. The summed E-state index contributed by atoms with van der Waals surface area (Å²) >= 11 is 0. The average molecular weight is 243 g/mol. The number of hydrogen-bond donors (Lipinski definition) is 2. The molecule has 7 heavy (non-hydrogen) atoms. The minimum Gasteiger partial charge on any atom is -1.00 e. The fourth-order valence-electron chi connectivity index (χ4n) is 0. The number of rotatable bonds is 0. The van der Waals surface area contributed by atoms with Crippen molar-refractivity contribution in [3.05, 3.63) is 0 Å². The molecule has 0 radical (unpaired) electrons. The van der Waals surface area contributed by atoms with Gasteiger partial charge in [0.05, 0.1) is 0 Å². The molecular formula is CH6KO3PPd. The van der Waals surface area contributed by atoms with E-state index in [9.17, 15) is 0 Å². The molecule has 1 atom stereocenters. The third-order valence-corrected chi connectivity index (χ3v) is 0. The van der Waals surface area contributed by atoms with Crippen molar-refractivity contribution in [1.29, 1.82) is 0 Å². The minimum atomic E-state index is -1.83. The number of carbonyl (C=O) groups is 1. The molecule has 3 nitrogen and oxygen atoms in total. The van der Waals surface area contributed by atoms with E-state index in [-0.39, 0.29) is 83.1 Å². The van der Waals surface area contributed by atoms with Crippen LogP contribution in [0.2, 0.25) is 0 Å². The van der Waals surface area contributed by atoms with Crippen LogP contribution in [0.5, 0.6) is 0 Å². The van der Waals surface area contributed by atoms with E-state index in [4.69, 9.17) is 15.0 Å². The summed E-state index contributed by atoms with van der Waals surface area (Å²) in [7, 11) is 0. The third-order valence-electron chi connectivity index (χ3n) is 0. The zero-order valence-corrected chi connectivity index (χ0v) is 9.92. The normalized spacial score (nSPS) is 3.43. The molecular weight excluding hydrogens is 236 g/mol. The van der Waals surface area contributed by atoms with Crippen LogP contribution < -0.4 is 51.4 Å². The van der Waals surface area contributed by atoms with E-state index in [1.54, 1.807) is 0 Å². The first kappa shape index (κ1) is 23.0. The second-order valence-corrected chi connectivity index (χ2v) is 0.283. The van der Waals surface area contributed by atoms with Crippen LogP contribution in [-0.4, -0.2) is 16.4 Å². The molecule has 0 aromatic rings. The van der Waals surface area contributed by atoms with Gasteiger partial charge in [0.15, 0.2) is 0 Å². The Kier molecular flexibility index (Phi) is 51.6. The Labute approximate surface area is 102 Å². The van der Waals surface area contributed by atoms with Gasteiger partial charge in [-0.3, -0.25) is 0 Å². The van der Waals surface area contributed by atoms with E-state index < -0.39 is 6.16 Å². The third kappa shape index (κ3) is 72.1. The molecule has 0 saturated carbocycles. The van der Waals surface area contributed by atoms with E-state index in [0.29, 0.717) is 0 Å². The molecule has 0 aliphatic rings. The molecule has 0 rings (SSSR count). The molecule has 0 aliphatic heterocycles. The Morgan fingerprint density at radius 1 is 1.43 bits per heavy atom. The van der Waals surface area contributed by atoms with Gasteiger partial charge >= 0.3 is 57.5 Å². The van der Waals surface area contributed by atoms with Gasteiger partial charge in [0.25, 0.3) is 0 Å². The van der Waals surface area contributed by atoms with Crippen LogP contribution >= 0.6 is 9.90 Å². The van der Waals surface area contributed by atoms with Gasteiger partial charge in [0.1, 0.15) is 0 Å². The Bertz CT molecular complexity index is 42.3. The van der Waals surface area contributed by atoms with Crippen LogP contribution in [0.4, 0.5) is 4.79 Å².